The van der Waals surface area contributed by atoms with Crippen molar-refractivity contribution in [3.63, 3.8) is 0 Å². The standard InChI is InChI=1S/C14H24N2O/c1-2-6-15-12-5-7-16(14(12)17)13-9-10-3-4-11(13)8-10/h10-13,15H,2-9H2,1H3. The van der Waals surface area contributed by atoms with Crippen molar-refractivity contribution in [2.24, 2.45) is 11.8 Å². The molecule has 3 heteroatoms. The van der Waals surface area contributed by atoms with E-state index >= 15 is 0 Å². The molecular weight excluding hydrogens is 212 g/mol. The number of hydrogen-bond acceptors (Lipinski definition) is 2. The SMILES string of the molecule is CCCNC1CCN(C2CC3CCC2C3)C1=O. The normalized spacial score (nSPS) is 40.5. The summed E-state index contributed by atoms with van der Waals surface area (Å²) >= 11 is 0. The number of carbonyl (C=O) groups excluding carboxylic acids is 1. The summed E-state index contributed by atoms with van der Waals surface area (Å²) in [6.45, 7) is 4.12. The maximum atomic E-state index is 12.3. The number of amides is 1. The van der Waals surface area contributed by atoms with Gasteiger partial charge in [0.15, 0.2) is 0 Å². The Morgan fingerprint density at radius 1 is 1.29 bits per heavy atom. The van der Waals surface area contributed by atoms with Gasteiger partial charge in [0, 0.05) is 12.6 Å². The van der Waals surface area contributed by atoms with Crippen LogP contribution in [-0.4, -0.2) is 36.0 Å². The van der Waals surface area contributed by atoms with Crippen molar-refractivity contribution in [2.75, 3.05) is 13.1 Å². The van der Waals surface area contributed by atoms with Crippen molar-refractivity contribution in [3.8, 4) is 0 Å². The number of nitrogens with one attached hydrogen (secondary N) is 1. The minimum Gasteiger partial charge on any atom is -0.338 e. The third-order valence-corrected chi connectivity index (χ3v) is 4.98. The molecule has 4 atom stereocenters. The van der Waals surface area contributed by atoms with E-state index in [0.717, 1.165) is 37.8 Å². The lowest BCUT2D eigenvalue weighted by Gasteiger charge is -2.31. The van der Waals surface area contributed by atoms with Crippen LogP contribution in [-0.2, 0) is 4.79 Å². The number of nitrogens with zero attached hydrogens (tertiary/aromatic N) is 1. The molecule has 17 heavy (non-hydrogen) atoms. The van der Waals surface area contributed by atoms with Gasteiger partial charge in [0.05, 0.1) is 6.04 Å². The van der Waals surface area contributed by atoms with Gasteiger partial charge < -0.3 is 10.2 Å². The minimum atomic E-state index is 0.120. The molecule has 3 aliphatic rings. The first-order valence-corrected chi connectivity index (χ1v) is 7.33. The Kier molecular flexibility index (Phi) is 3.12. The lowest BCUT2D eigenvalue weighted by molar-refractivity contribution is -0.132. The van der Waals surface area contributed by atoms with Crippen LogP contribution in [0.25, 0.3) is 0 Å². The third-order valence-electron chi connectivity index (χ3n) is 4.98. The van der Waals surface area contributed by atoms with E-state index in [0.29, 0.717) is 11.9 Å². The number of hydrogen-bond donors (Lipinski definition) is 1. The third kappa shape index (κ3) is 1.99. The van der Waals surface area contributed by atoms with Gasteiger partial charge in [-0.1, -0.05) is 13.3 Å². The van der Waals surface area contributed by atoms with Gasteiger partial charge in [0.25, 0.3) is 0 Å². The van der Waals surface area contributed by atoms with Gasteiger partial charge >= 0.3 is 0 Å². The minimum absolute atomic E-state index is 0.120. The molecule has 0 spiro atoms. The monoisotopic (exact) mass is 236 g/mol. The van der Waals surface area contributed by atoms with Crippen molar-refractivity contribution < 1.29 is 4.79 Å². The summed E-state index contributed by atoms with van der Waals surface area (Å²) in [6.07, 6.45) is 7.59. The largest absolute Gasteiger partial charge is 0.338 e. The second-order valence-corrected chi connectivity index (χ2v) is 6.07. The zero-order valence-electron chi connectivity index (χ0n) is 10.8. The Morgan fingerprint density at radius 2 is 2.18 bits per heavy atom. The van der Waals surface area contributed by atoms with Crippen LogP contribution in [0.2, 0.25) is 0 Å². The summed E-state index contributed by atoms with van der Waals surface area (Å²) in [4.78, 5) is 14.5. The van der Waals surface area contributed by atoms with E-state index in [4.69, 9.17) is 0 Å². The molecule has 2 aliphatic carbocycles. The molecule has 3 fully saturated rings. The average molecular weight is 236 g/mol. The molecule has 2 bridgehead atoms. The summed E-state index contributed by atoms with van der Waals surface area (Å²) in [5.41, 5.74) is 0. The molecule has 96 valence electrons. The topological polar surface area (TPSA) is 32.3 Å². The molecule has 0 radical (unpaired) electrons. The first kappa shape index (κ1) is 11.5. The van der Waals surface area contributed by atoms with Gasteiger partial charge in [-0.15, -0.1) is 0 Å². The van der Waals surface area contributed by atoms with E-state index in [1.54, 1.807) is 0 Å². The number of likely N-dealkylation sites (tertiary alicyclic amines) is 1. The van der Waals surface area contributed by atoms with Crippen molar-refractivity contribution in [1.29, 1.82) is 0 Å². The Hall–Kier alpha value is -0.570. The van der Waals surface area contributed by atoms with Crippen LogP contribution in [0.5, 0.6) is 0 Å². The molecule has 1 aliphatic heterocycles. The van der Waals surface area contributed by atoms with Crippen LogP contribution in [0.4, 0.5) is 0 Å². The molecule has 0 aromatic carbocycles. The quantitative estimate of drug-likeness (QED) is 0.807. The van der Waals surface area contributed by atoms with Gasteiger partial charge in [0.1, 0.15) is 0 Å². The molecule has 0 aromatic heterocycles. The maximum absolute atomic E-state index is 12.3. The molecule has 2 saturated carbocycles. The smallest absolute Gasteiger partial charge is 0.240 e. The molecule has 1 heterocycles. The molecule has 0 aromatic rings. The molecular formula is C14H24N2O. The van der Waals surface area contributed by atoms with Crippen LogP contribution >= 0.6 is 0 Å². The fourth-order valence-electron chi connectivity index (χ4n) is 4.13. The number of rotatable bonds is 4. The van der Waals surface area contributed by atoms with E-state index in [9.17, 15) is 4.79 Å². The fraction of sp³-hybridized carbons (Fsp3) is 0.929. The lowest BCUT2D eigenvalue weighted by atomic mass is 9.94. The molecule has 1 N–H and O–H groups in total. The Morgan fingerprint density at radius 3 is 2.82 bits per heavy atom. The number of carbonyl (C=O) groups is 1. The molecule has 4 unspecified atom stereocenters. The van der Waals surface area contributed by atoms with E-state index in [2.05, 4.69) is 17.1 Å². The first-order chi connectivity index (χ1) is 8.29. The molecule has 3 rings (SSSR count). The Balaban J connectivity index is 1.60. The van der Waals surface area contributed by atoms with Crippen molar-refractivity contribution in [1.82, 2.24) is 10.2 Å². The summed E-state index contributed by atoms with van der Waals surface area (Å²) in [5, 5.41) is 3.39. The van der Waals surface area contributed by atoms with Crippen LogP contribution in [0, 0.1) is 11.8 Å². The Bertz CT molecular complexity index is 305. The number of fused-ring (bicyclic) bond motifs is 2. The maximum Gasteiger partial charge on any atom is 0.240 e. The highest BCUT2D eigenvalue weighted by Gasteiger charge is 2.46. The fourth-order valence-corrected chi connectivity index (χ4v) is 4.13. The Labute approximate surface area is 104 Å². The van der Waals surface area contributed by atoms with Crippen molar-refractivity contribution in [2.45, 2.75) is 57.5 Å². The highest BCUT2D eigenvalue weighted by Crippen LogP contribution is 2.47. The highest BCUT2D eigenvalue weighted by atomic mass is 16.2. The van der Waals surface area contributed by atoms with Crippen LogP contribution < -0.4 is 5.32 Å². The van der Waals surface area contributed by atoms with Gasteiger partial charge in [-0.05, 0) is 50.5 Å². The molecule has 1 amide bonds. The predicted molar refractivity (Wildman–Crippen MR) is 67.6 cm³/mol. The summed E-state index contributed by atoms with van der Waals surface area (Å²) < 4.78 is 0. The van der Waals surface area contributed by atoms with Crippen molar-refractivity contribution in [3.05, 3.63) is 0 Å². The molecule has 1 saturated heterocycles. The van der Waals surface area contributed by atoms with Gasteiger partial charge in [0.2, 0.25) is 5.91 Å². The summed E-state index contributed by atoms with van der Waals surface area (Å²) in [7, 11) is 0. The second kappa shape index (κ2) is 4.60. The average Bonchev–Trinajstić information content (AvgIpc) is 3.01. The van der Waals surface area contributed by atoms with Crippen molar-refractivity contribution >= 4 is 5.91 Å². The first-order valence-electron chi connectivity index (χ1n) is 7.33. The highest BCUT2D eigenvalue weighted by molar-refractivity contribution is 5.84. The lowest BCUT2D eigenvalue weighted by Crippen LogP contribution is -2.44. The van der Waals surface area contributed by atoms with E-state index in [1.165, 1.54) is 25.7 Å². The van der Waals surface area contributed by atoms with E-state index < -0.39 is 0 Å². The van der Waals surface area contributed by atoms with E-state index in [1.807, 2.05) is 0 Å². The van der Waals surface area contributed by atoms with Gasteiger partial charge in [-0.2, -0.15) is 0 Å². The zero-order valence-corrected chi connectivity index (χ0v) is 10.8. The predicted octanol–water partition coefficient (Wildman–Crippen LogP) is 1.78. The second-order valence-electron chi connectivity index (χ2n) is 6.07. The van der Waals surface area contributed by atoms with Crippen LogP contribution in [0.15, 0.2) is 0 Å². The molecule has 3 nitrogen and oxygen atoms in total. The zero-order chi connectivity index (χ0) is 11.8. The van der Waals surface area contributed by atoms with Crippen LogP contribution in [0.3, 0.4) is 0 Å². The van der Waals surface area contributed by atoms with Gasteiger partial charge in [-0.25, -0.2) is 0 Å². The van der Waals surface area contributed by atoms with Gasteiger partial charge in [-0.3, -0.25) is 4.79 Å². The van der Waals surface area contributed by atoms with Crippen LogP contribution in [0.1, 0.15) is 45.4 Å². The summed E-state index contributed by atoms with van der Waals surface area (Å²) in [5.74, 6) is 2.14. The van der Waals surface area contributed by atoms with E-state index in [-0.39, 0.29) is 6.04 Å². The summed E-state index contributed by atoms with van der Waals surface area (Å²) in [6, 6.07) is 0.712.